The molecule has 0 saturated carbocycles. The third-order valence-corrected chi connectivity index (χ3v) is 3.71. The highest BCUT2D eigenvalue weighted by Crippen LogP contribution is 2.34. The van der Waals surface area contributed by atoms with Gasteiger partial charge in [-0.1, -0.05) is 53.0 Å². The molecule has 106 valence electrons. The molecular weight excluding hydrogens is 317 g/mol. The van der Waals surface area contributed by atoms with Crippen molar-refractivity contribution in [3.63, 3.8) is 0 Å². The molecule has 0 fully saturated rings. The number of hydrogen-bond acceptors (Lipinski definition) is 2. The van der Waals surface area contributed by atoms with Crippen LogP contribution in [0.5, 0.6) is 5.75 Å². The lowest BCUT2D eigenvalue weighted by Gasteiger charge is -2.24. The van der Waals surface area contributed by atoms with Gasteiger partial charge in [-0.2, -0.15) is 0 Å². The Labute approximate surface area is 133 Å². The summed E-state index contributed by atoms with van der Waals surface area (Å²) >= 11 is 18.2. The van der Waals surface area contributed by atoms with Crippen LogP contribution in [0.3, 0.4) is 0 Å². The smallest absolute Gasteiger partial charge is 0.140 e. The normalized spacial score (nSPS) is 13.8. The Bertz CT molecular complexity index is 601. The summed E-state index contributed by atoms with van der Waals surface area (Å²) in [6.45, 7) is 1.86. The molecule has 20 heavy (non-hydrogen) atoms. The van der Waals surface area contributed by atoms with Crippen LogP contribution >= 0.6 is 34.8 Å². The summed E-state index contributed by atoms with van der Waals surface area (Å²) in [4.78, 5) is 0. The summed E-state index contributed by atoms with van der Waals surface area (Å²) in [5.74, 6) is 0.526. The highest BCUT2D eigenvalue weighted by molar-refractivity contribution is 6.35. The summed E-state index contributed by atoms with van der Waals surface area (Å²) in [7, 11) is 0. The van der Waals surface area contributed by atoms with Crippen molar-refractivity contribution in [3.05, 3.63) is 63.1 Å². The second kappa shape index (κ2) is 6.68. The zero-order valence-electron chi connectivity index (χ0n) is 10.8. The van der Waals surface area contributed by atoms with Crippen LogP contribution in [-0.4, -0.2) is 6.04 Å². The van der Waals surface area contributed by atoms with E-state index in [-0.39, 0.29) is 12.1 Å². The highest BCUT2D eigenvalue weighted by atomic mass is 35.5. The third kappa shape index (κ3) is 3.58. The molecule has 2 unspecified atom stereocenters. The van der Waals surface area contributed by atoms with E-state index in [1.165, 1.54) is 0 Å². The molecular formula is C15H14Cl3NO. The van der Waals surface area contributed by atoms with Crippen molar-refractivity contribution in [2.24, 2.45) is 5.73 Å². The fraction of sp³-hybridized carbons (Fsp3) is 0.200. The van der Waals surface area contributed by atoms with Crippen LogP contribution in [0.25, 0.3) is 0 Å². The van der Waals surface area contributed by atoms with Crippen LogP contribution < -0.4 is 10.5 Å². The Morgan fingerprint density at radius 2 is 1.70 bits per heavy atom. The molecule has 2 atom stereocenters. The van der Waals surface area contributed by atoms with Crippen molar-refractivity contribution >= 4 is 34.8 Å². The van der Waals surface area contributed by atoms with Crippen LogP contribution in [0.15, 0.2) is 42.5 Å². The van der Waals surface area contributed by atoms with Crippen molar-refractivity contribution in [1.82, 2.24) is 0 Å². The summed E-state index contributed by atoms with van der Waals surface area (Å²) < 4.78 is 5.93. The van der Waals surface area contributed by atoms with E-state index < -0.39 is 0 Å². The maximum absolute atomic E-state index is 6.20. The summed E-state index contributed by atoms with van der Waals surface area (Å²) in [5.41, 5.74) is 6.84. The summed E-state index contributed by atoms with van der Waals surface area (Å²) in [6.07, 6.45) is -0.387. The average molecular weight is 331 g/mol. The summed E-state index contributed by atoms with van der Waals surface area (Å²) in [6, 6.07) is 12.3. The number of benzene rings is 2. The predicted molar refractivity (Wildman–Crippen MR) is 84.9 cm³/mol. The van der Waals surface area contributed by atoms with Crippen molar-refractivity contribution in [2.75, 3.05) is 0 Å². The predicted octanol–water partition coefficient (Wildman–Crippen LogP) is 5.11. The van der Waals surface area contributed by atoms with E-state index in [0.717, 1.165) is 5.56 Å². The van der Waals surface area contributed by atoms with Crippen LogP contribution in [-0.2, 0) is 0 Å². The van der Waals surface area contributed by atoms with E-state index in [0.29, 0.717) is 20.8 Å². The Balaban J connectivity index is 2.33. The molecule has 2 aromatic rings. The van der Waals surface area contributed by atoms with Gasteiger partial charge < -0.3 is 10.5 Å². The van der Waals surface area contributed by atoms with Gasteiger partial charge in [0.15, 0.2) is 0 Å². The molecule has 2 rings (SSSR count). The van der Waals surface area contributed by atoms with Crippen LogP contribution in [0.2, 0.25) is 15.1 Å². The Morgan fingerprint density at radius 1 is 1.00 bits per heavy atom. The number of hydrogen-bond donors (Lipinski definition) is 1. The second-order valence-electron chi connectivity index (χ2n) is 4.49. The lowest BCUT2D eigenvalue weighted by atomic mass is 10.0. The van der Waals surface area contributed by atoms with Crippen LogP contribution in [0.1, 0.15) is 18.6 Å². The first kappa shape index (κ1) is 15.5. The van der Waals surface area contributed by atoms with Gasteiger partial charge in [-0.25, -0.2) is 0 Å². The van der Waals surface area contributed by atoms with Gasteiger partial charge in [0.05, 0.1) is 5.02 Å². The minimum Gasteiger partial charge on any atom is -0.482 e. The first-order valence-corrected chi connectivity index (χ1v) is 7.24. The third-order valence-electron chi connectivity index (χ3n) is 2.84. The second-order valence-corrected chi connectivity index (χ2v) is 5.74. The Kier molecular flexibility index (Phi) is 5.17. The van der Waals surface area contributed by atoms with E-state index in [1.807, 2.05) is 25.1 Å². The Morgan fingerprint density at radius 3 is 2.30 bits per heavy atom. The fourth-order valence-corrected chi connectivity index (χ4v) is 2.56. The highest BCUT2D eigenvalue weighted by Gasteiger charge is 2.21. The standard InChI is InChI=1S/C15H14Cl3NO/c1-9(19)15(11-4-2-3-5-12(11)17)20-14-7-6-10(16)8-13(14)18/h2-9,15H,19H2,1H3. The van der Waals surface area contributed by atoms with E-state index in [1.54, 1.807) is 24.3 Å². The SMILES string of the molecule is CC(N)C(Oc1ccc(Cl)cc1Cl)c1ccccc1Cl. The van der Waals surface area contributed by atoms with Gasteiger partial charge in [-0.3, -0.25) is 0 Å². The minimum atomic E-state index is -0.387. The van der Waals surface area contributed by atoms with Gasteiger partial charge in [0.2, 0.25) is 0 Å². The van der Waals surface area contributed by atoms with Crippen LogP contribution in [0, 0.1) is 0 Å². The lowest BCUT2D eigenvalue weighted by molar-refractivity contribution is 0.180. The number of rotatable bonds is 4. The summed E-state index contributed by atoms with van der Waals surface area (Å²) in [5, 5.41) is 1.60. The molecule has 5 heteroatoms. The molecule has 0 amide bonds. The number of ether oxygens (including phenoxy) is 1. The molecule has 2 nitrogen and oxygen atoms in total. The zero-order valence-corrected chi connectivity index (χ0v) is 13.1. The maximum Gasteiger partial charge on any atom is 0.140 e. The average Bonchev–Trinajstić information content (AvgIpc) is 2.39. The van der Waals surface area contributed by atoms with E-state index in [2.05, 4.69) is 0 Å². The Hall–Kier alpha value is -0.930. The van der Waals surface area contributed by atoms with E-state index in [4.69, 9.17) is 45.3 Å². The quantitative estimate of drug-likeness (QED) is 0.845. The molecule has 0 bridgehead atoms. The van der Waals surface area contributed by atoms with Crippen molar-refractivity contribution < 1.29 is 4.74 Å². The first-order chi connectivity index (χ1) is 9.49. The molecule has 0 saturated heterocycles. The molecule has 0 aliphatic carbocycles. The van der Waals surface area contributed by atoms with Crippen molar-refractivity contribution in [2.45, 2.75) is 19.1 Å². The van der Waals surface area contributed by atoms with E-state index >= 15 is 0 Å². The molecule has 0 aliphatic heterocycles. The van der Waals surface area contributed by atoms with Crippen molar-refractivity contribution in [3.8, 4) is 5.75 Å². The molecule has 0 aromatic heterocycles. The van der Waals surface area contributed by atoms with Crippen LogP contribution in [0.4, 0.5) is 0 Å². The molecule has 2 N–H and O–H groups in total. The molecule has 0 spiro atoms. The van der Waals surface area contributed by atoms with Gasteiger partial charge in [0, 0.05) is 21.7 Å². The minimum absolute atomic E-state index is 0.248. The molecule has 2 aromatic carbocycles. The molecule has 0 aliphatic rings. The largest absolute Gasteiger partial charge is 0.482 e. The topological polar surface area (TPSA) is 35.2 Å². The van der Waals surface area contributed by atoms with Gasteiger partial charge in [-0.15, -0.1) is 0 Å². The van der Waals surface area contributed by atoms with E-state index in [9.17, 15) is 0 Å². The zero-order chi connectivity index (χ0) is 14.7. The molecule has 0 radical (unpaired) electrons. The van der Waals surface area contributed by atoms with Gasteiger partial charge in [0.25, 0.3) is 0 Å². The monoisotopic (exact) mass is 329 g/mol. The molecule has 0 heterocycles. The fourth-order valence-electron chi connectivity index (χ4n) is 1.87. The van der Waals surface area contributed by atoms with Crippen molar-refractivity contribution in [1.29, 1.82) is 0 Å². The van der Waals surface area contributed by atoms with Gasteiger partial charge >= 0.3 is 0 Å². The maximum atomic E-state index is 6.20. The number of halogens is 3. The number of nitrogens with two attached hydrogens (primary N) is 1. The lowest BCUT2D eigenvalue weighted by Crippen LogP contribution is -2.29. The van der Waals surface area contributed by atoms with Gasteiger partial charge in [-0.05, 0) is 31.2 Å². The first-order valence-electron chi connectivity index (χ1n) is 6.10. The van der Waals surface area contributed by atoms with Gasteiger partial charge in [0.1, 0.15) is 11.9 Å².